The zero-order valence-corrected chi connectivity index (χ0v) is 13.9. The predicted molar refractivity (Wildman–Crippen MR) is 93.6 cm³/mol. The van der Waals surface area contributed by atoms with Gasteiger partial charge in [0.05, 0.1) is 10.2 Å². The zero-order chi connectivity index (χ0) is 16.5. The van der Waals surface area contributed by atoms with Gasteiger partial charge in [-0.2, -0.15) is 0 Å². The van der Waals surface area contributed by atoms with Crippen LogP contribution in [0.4, 0.5) is 9.52 Å². The van der Waals surface area contributed by atoms with Crippen LogP contribution in [0.2, 0.25) is 0 Å². The molecule has 0 bridgehead atoms. The summed E-state index contributed by atoms with van der Waals surface area (Å²) in [5.74, 6) is -0.191. The minimum absolute atomic E-state index is 0.00321. The lowest BCUT2D eigenvalue weighted by Gasteiger charge is -2.34. The Morgan fingerprint density at radius 3 is 2.54 bits per heavy atom. The maximum Gasteiger partial charge on any atom is 0.186 e. The molecular weight excluding hydrogens is 325 g/mol. The van der Waals surface area contributed by atoms with Crippen LogP contribution in [-0.2, 0) is 11.7 Å². The summed E-state index contributed by atoms with van der Waals surface area (Å²) in [6.07, 6.45) is 0. The molecule has 1 saturated heterocycles. The lowest BCUT2D eigenvalue weighted by atomic mass is 10.2. The van der Waals surface area contributed by atoms with Crippen molar-refractivity contribution in [2.75, 3.05) is 31.1 Å². The van der Waals surface area contributed by atoms with Gasteiger partial charge in [0.2, 0.25) is 0 Å². The highest BCUT2D eigenvalue weighted by Gasteiger charge is 2.20. The van der Waals surface area contributed by atoms with E-state index in [1.54, 1.807) is 23.5 Å². The molecule has 4 rings (SSSR count). The summed E-state index contributed by atoms with van der Waals surface area (Å²) in [5.41, 5.74) is 1.92. The van der Waals surface area contributed by atoms with Crippen molar-refractivity contribution in [3.8, 4) is 5.75 Å². The molecule has 24 heavy (non-hydrogen) atoms. The number of rotatable bonds is 3. The molecule has 0 aliphatic carbocycles. The second kappa shape index (κ2) is 6.37. The number of nitrogens with zero attached hydrogens (tertiary/aromatic N) is 3. The molecule has 2 heterocycles. The van der Waals surface area contributed by atoms with E-state index in [-0.39, 0.29) is 11.6 Å². The fraction of sp³-hybridized carbons (Fsp3) is 0.278. The van der Waals surface area contributed by atoms with E-state index in [0.29, 0.717) is 0 Å². The van der Waals surface area contributed by atoms with Crippen LogP contribution in [0.3, 0.4) is 0 Å². The average molecular weight is 342 g/mol. The van der Waals surface area contributed by atoms with E-state index in [2.05, 4.69) is 14.8 Å². The highest BCUT2D eigenvalue weighted by molar-refractivity contribution is 7.22. The summed E-state index contributed by atoms with van der Waals surface area (Å²) >= 11 is 1.64. The smallest absolute Gasteiger partial charge is 0.186 e. The van der Waals surface area contributed by atoms with Crippen molar-refractivity contribution in [2.24, 2.45) is 0 Å². The van der Waals surface area contributed by atoms with Crippen molar-refractivity contribution in [1.82, 2.24) is 9.88 Å². The summed E-state index contributed by atoms with van der Waals surface area (Å²) in [6, 6.07) is 11.7. The second-order valence-electron chi connectivity index (χ2n) is 6.02. The van der Waals surface area contributed by atoms with Crippen LogP contribution >= 0.6 is 11.3 Å². The summed E-state index contributed by atoms with van der Waals surface area (Å²) < 4.78 is 14.0. The van der Waals surface area contributed by atoms with Crippen molar-refractivity contribution < 1.29 is 9.50 Å². The third kappa shape index (κ3) is 3.20. The van der Waals surface area contributed by atoms with E-state index in [1.165, 1.54) is 12.1 Å². The normalized spacial score (nSPS) is 16.0. The Labute approximate surface area is 143 Å². The Morgan fingerprint density at radius 1 is 1.04 bits per heavy atom. The van der Waals surface area contributed by atoms with Crippen LogP contribution in [-0.4, -0.2) is 36.1 Å². The summed E-state index contributed by atoms with van der Waals surface area (Å²) in [4.78, 5) is 9.24. The van der Waals surface area contributed by atoms with Gasteiger partial charge < -0.3 is 4.90 Å². The number of hydrogen-bond donors (Lipinski definition) is 0. The first-order chi connectivity index (χ1) is 11.7. The summed E-state index contributed by atoms with van der Waals surface area (Å²) in [5, 5.41) is 12.4. The van der Waals surface area contributed by atoms with Crippen molar-refractivity contribution >= 4 is 26.7 Å². The van der Waals surface area contributed by atoms with Gasteiger partial charge >= 0.3 is 0 Å². The molecule has 1 aliphatic rings. The minimum Gasteiger partial charge on any atom is -0.345 e. The molecule has 0 atom stereocenters. The van der Waals surface area contributed by atoms with Gasteiger partial charge in [-0.3, -0.25) is 10.0 Å². The number of halogens is 1. The van der Waals surface area contributed by atoms with Crippen LogP contribution in [0, 0.1) is 5.82 Å². The molecule has 6 heteroatoms. The monoisotopic (exact) mass is 342 g/mol. The molecule has 1 aromatic heterocycles. The fourth-order valence-electron chi connectivity index (χ4n) is 2.98. The lowest BCUT2D eigenvalue weighted by Crippen LogP contribution is -2.45. The Bertz CT molecular complexity index is 841. The topological polar surface area (TPSA) is 39.3 Å². The predicted octanol–water partition coefficient (Wildman–Crippen LogP) is 3.90. The van der Waals surface area contributed by atoms with Crippen molar-refractivity contribution in [3.05, 3.63) is 53.8 Å². The number of benzene rings is 2. The second-order valence-corrected chi connectivity index (χ2v) is 7.02. The van der Waals surface area contributed by atoms with Crippen molar-refractivity contribution in [2.45, 2.75) is 6.54 Å². The van der Waals surface area contributed by atoms with Crippen LogP contribution < -0.4 is 4.90 Å². The molecular formula is C18H17FN3OS. The SMILES string of the molecule is [O]c1ccc2sc(N3CCN(Cc4ccc(F)cc4)CC3)nc2c1. The van der Waals surface area contributed by atoms with Crippen molar-refractivity contribution in [3.63, 3.8) is 0 Å². The highest BCUT2D eigenvalue weighted by atomic mass is 32.1. The maximum absolute atomic E-state index is 13.0. The number of thiazole rings is 1. The Hall–Kier alpha value is -2.18. The molecule has 1 radical (unpaired) electrons. The first-order valence-electron chi connectivity index (χ1n) is 7.97. The molecule has 2 aromatic carbocycles. The molecule has 0 saturated carbocycles. The van der Waals surface area contributed by atoms with Crippen molar-refractivity contribution in [1.29, 1.82) is 0 Å². The van der Waals surface area contributed by atoms with E-state index >= 15 is 0 Å². The molecule has 4 nitrogen and oxygen atoms in total. The summed E-state index contributed by atoms with van der Waals surface area (Å²) in [7, 11) is 0. The first-order valence-corrected chi connectivity index (χ1v) is 8.78. The molecule has 3 aromatic rings. The van der Waals surface area contributed by atoms with E-state index < -0.39 is 0 Å². The molecule has 0 spiro atoms. The van der Waals surface area contributed by atoms with E-state index in [4.69, 9.17) is 0 Å². The number of hydrogen-bond acceptors (Lipinski definition) is 4. The van der Waals surface area contributed by atoms with Crippen LogP contribution in [0.5, 0.6) is 5.75 Å². The first kappa shape index (κ1) is 15.4. The molecule has 0 N–H and O–H groups in total. The average Bonchev–Trinajstić information content (AvgIpc) is 3.01. The Kier molecular flexibility index (Phi) is 4.08. The number of anilines is 1. The van der Waals surface area contributed by atoms with Gasteiger partial charge in [-0.05, 0) is 29.8 Å². The van der Waals surface area contributed by atoms with Crippen LogP contribution in [0.1, 0.15) is 5.56 Å². The number of piperazine rings is 1. The molecule has 123 valence electrons. The standard InChI is InChI=1S/C18H17FN3OS/c19-14-3-1-13(2-4-14)12-21-7-9-22(10-8-21)18-20-16-11-15(23)5-6-17(16)24-18/h1-6,11H,7-10,12H2. The van der Waals surface area contributed by atoms with Gasteiger partial charge in [-0.15, -0.1) is 0 Å². The third-order valence-electron chi connectivity index (χ3n) is 4.31. The van der Waals surface area contributed by atoms with Gasteiger partial charge in [-0.1, -0.05) is 23.5 Å². The fourth-order valence-corrected chi connectivity index (χ4v) is 3.97. The third-order valence-corrected chi connectivity index (χ3v) is 5.41. The van der Waals surface area contributed by atoms with E-state index in [9.17, 15) is 9.50 Å². The van der Waals surface area contributed by atoms with Gasteiger partial charge in [0.1, 0.15) is 5.82 Å². The van der Waals surface area contributed by atoms with Crippen LogP contribution in [0.15, 0.2) is 42.5 Å². The Morgan fingerprint density at radius 2 is 1.79 bits per heavy atom. The van der Waals surface area contributed by atoms with Gasteiger partial charge in [-0.25, -0.2) is 9.37 Å². The highest BCUT2D eigenvalue weighted by Crippen LogP contribution is 2.31. The molecule has 1 fully saturated rings. The number of fused-ring (bicyclic) bond motifs is 1. The van der Waals surface area contributed by atoms with E-state index in [1.807, 2.05) is 18.2 Å². The molecule has 1 aliphatic heterocycles. The maximum atomic E-state index is 13.0. The van der Waals surface area contributed by atoms with Crippen LogP contribution in [0.25, 0.3) is 10.2 Å². The van der Waals surface area contributed by atoms with Gasteiger partial charge in [0.25, 0.3) is 0 Å². The molecule has 0 amide bonds. The van der Waals surface area contributed by atoms with Gasteiger partial charge in [0, 0.05) is 38.8 Å². The minimum atomic E-state index is -0.194. The lowest BCUT2D eigenvalue weighted by molar-refractivity contribution is 0.250. The zero-order valence-electron chi connectivity index (χ0n) is 13.1. The summed E-state index contributed by atoms with van der Waals surface area (Å²) in [6.45, 7) is 4.55. The largest absolute Gasteiger partial charge is 0.345 e. The molecule has 0 unspecified atom stereocenters. The van der Waals surface area contributed by atoms with E-state index in [0.717, 1.165) is 53.6 Å². The van der Waals surface area contributed by atoms with Gasteiger partial charge in [0.15, 0.2) is 10.9 Å². The number of aromatic nitrogens is 1. The quantitative estimate of drug-likeness (QED) is 0.725. The Balaban J connectivity index is 1.40.